The van der Waals surface area contributed by atoms with E-state index in [2.05, 4.69) is 32.9 Å². The largest absolute Gasteiger partial charge is 0.388 e. The van der Waals surface area contributed by atoms with E-state index in [9.17, 15) is 5.11 Å². The molecule has 0 spiro atoms. The molecule has 0 saturated heterocycles. The lowest BCUT2D eigenvalue weighted by molar-refractivity contribution is 0.151. The zero-order chi connectivity index (χ0) is 10.3. The molecule has 2 rings (SSSR count). The summed E-state index contributed by atoms with van der Waals surface area (Å²) in [4.78, 5) is 0. The summed E-state index contributed by atoms with van der Waals surface area (Å²) in [7, 11) is 0. The molecule has 1 aliphatic carbocycles. The summed E-state index contributed by atoms with van der Waals surface area (Å²) in [6.45, 7) is 6.50. The van der Waals surface area contributed by atoms with Crippen molar-refractivity contribution >= 4 is 0 Å². The van der Waals surface area contributed by atoms with Crippen LogP contribution in [0.15, 0.2) is 12.1 Å². The molecule has 0 amide bonds. The van der Waals surface area contributed by atoms with Crippen LogP contribution in [0.3, 0.4) is 0 Å². The van der Waals surface area contributed by atoms with Crippen molar-refractivity contribution in [1.29, 1.82) is 0 Å². The first-order valence-electron chi connectivity index (χ1n) is 5.38. The van der Waals surface area contributed by atoms with E-state index in [1.54, 1.807) is 0 Å². The Labute approximate surface area is 85.8 Å². The molecule has 0 saturated carbocycles. The third kappa shape index (κ3) is 1.46. The van der Waals surface area contributed by atoms with Crippen LogP contribution < -0.4 is 0 Å². The predicted molar refractivity (Wildman–Crippen MR) is 58.5 cm³/mol. The van der Waals surface area contributed by atoms with Gasteiger partial charge in [-0.3, -0.25) is 0 Å². The second kappa shape index (κ2) is 3.39. The predicted octanol–water partition coefficient (Wildman–Crippen LogP) is 3.23. The van der Waals surface area contributed by atoms with Crippen LogP contribution in [0.1, 0.15) is 54.0 Å². The molecule has 1 N–H and O–H groups in total. The summed E-state index contributed by atoms with van der Waals surface area (Å²) < 4.78 is 0. The molecule has 1 nitrogen and oxygen atoms in total. The maximum absolute atomic E-state index is 9.89. The number of aryl methyl sites for hydroxylation is 2. The van der Waals surface area contributed by atoms with Crippen LogP contribution in [0.2, 0.25) is 0 Å². The van der Waals surface area contributed by atoms with Crippen molar-refractivity contribution in [1.82, 2.24) is 0 Å². The Kier molecular flexibility index (Phi) is 2.36. The standard InChI is InChI=1S/C13H18O/c1-8-4-5-13(14)12-7-10(3)9(2)6-11(8)12/h6-8,13-14H,4-5H2,1-3H3/t8?,13-/m1/s1. The molecule has 0 fully saturated rings. The number of benzene rings is 1. The number of hydrogen-bond donors (Lipinski definition) is 1. The van der Waals surface area contributed by atoms with Gasteiger partial charge in [-0.05, 0) is 54.9 Å². The lowest BCUT2D eigenvalue weighted by Gasteiger charge is -2.27. The van der Waals surface area contributed by atoms with Gasteiger partial charge in [-0.15, -0.1) is 0 Å². The molecular formula is C13H18O. The highest BCUT2D eigenvalue weighted by Crippen LogP contribution is 2.38. The van der Waals surface area contributed by atoms with Crippen LogP contribution in [0.4, 0.5) is 0 Å². The van der Waals surface area contributed by atoms with Crippen molar-refractivity contribution in [2.45, 2.75) is 45.6 Å². The van der Waals surface area contributed by atoms with Gasteiger partial charge in [-0.1, -0.05) is 19.1 Å². The quantitative estimate of drug-likeness (QED) is 0.666. The third-order valence-corrected chi connectivity index (χ3v) is 3.46. The van der Waals surface area contributed by atoms with Gasteiger partial charge in [0.25, 0.3) is 0 Å². The Bertz CT molecular complexity index is 319. The highest BCUT2D eigenvalue weighted by molar-refractivity contribution is 5.41. The number of fused-ring (bicyclic) bond motifs is 1. The zero-order valence-corrected chi connectivity index (χ0v) is 9.17. The topological polar surface area (TPSA) is 20.2 Å². The van der Waals surface area contributed by atoms with Crippen LogP contribution in [-0.4, -0.2) is 5.11 Å². The van der Waals surface area contributed by atoms with Crippen LogP contribution in [0, 0.1) is 13.8 Å². The first kappa shape index (κ1) is 9.72. The van der Waals surface area contributed by atoms with E-state index < -0.39 is 0 Å². The monoisotopic (exact) mass is 190 g/mol. The molecule has 1 aromatic carbocycles. The Balaban J connectivity index is 2.56. The van der Waals surface area contributed by atoms with Gasteiger partial charge in [-0.25, -0.2) is 0 Å². The molecule has 0 bridgehead atoms. The lowest BCUT2D eigenvalue weighted by atomic mass is 9.80. The van der Waals surface area contributed by atoms with Gasteiger partial charge in [0.1, 0.15) is 0 Å². The van der Waals surface area contributed by atoms with Crippen LogP contribution >= 0.6 is 0 Å². The maximum atomic E-state index is 9.89. The first-order chi connectivity index (χ1) is 6.59. The fourth-order valence-electron chi connectivity index (χ4n) is 2.30. The van der Waals surface area contributed by atoms with Crippen molar-refractivity contribution in [2.75, 3.05) is 0 Å². The van der Waals surface area contributed by atoms with Gasteiger partial charge in [-0.2, -0.15) is 0 Å². The summed E-state index contributed by atoms with van der Waals surface area (Å²) in [6.07, 6.45) is 1.79. The zero-order valence-electron chi connectivity index (χ0n) is 9.17. The Hall–Kier alpha value is -0.820. The van der Waals surface area contributed by atoms with Crippen LogP contribution in [0.25, 0.3) is 0 Å². The van der Waals surface area contributed by atoms with Crippen molar-refractivity contribution < 1.29 is 5.11 Å². The van der Waals surface area contributed by atoms with Gasteiger partial charge >= 0.3 is 0 Å². The number of aliphatic hydroxyl groups excluding tert-OH is 1. The minimum absolute atomic E-state index is 0.236. The van der Waals surface area contributed by atoms with Crippen molar-refractivity contribution in [2.24, 2.45) is 0 Å². The van der Waals surface area contributed by atoms with E-state index in [1.807, 2.05) is 0 Å². The number of aliphatic hydroxyl groups is 1. The van der Waals surface area contributed by atoms with Crippen molar-refractivity contribution in [3.63, 3.8) is 0 Å². The molecule has 1 aromatic rings. The van der Waals surface area contributed by atoms with Gasteiger partial charge in [0.05, 0.1) is 6.10 Å². The minimum Gasteiger partial charge on any atom is -0.388 e. The molecule has 76 valence electrons. The number of rotatable bonds is 0. The van der Waals surface area contributed by atoms with Gasteiger partial charge in [0.15, 0.2) is 0 Å². The Morgan fingerprint density at radius 1 is 1.07 bits per heavy atom. The smallest absolute Gasteiger partial charge is 0.0793 e. The molecule has 0 aliphatic heterocycles. The van der Waals surface area contributed by atoms with E-state index >= 15 is 0 Å². The average molecular weight is 190 g/mol. The van der Waals surface area contributed by atoms with E-state index in [-0.39, 0.29) is 6.10 Å². The van der Waals surface area contributed by atoms with E-state index in [4.69, 9.17) is 0 Å². The fourth-order valence-corrected chi connectivity index (χ4v) is 2.30. The Morgan fingerprint density at radius 3 is 2.29 bits per heavy atom. The van der Waals surface area contributed by atoms with Gasteiger partial charge in [0, 0.05) is 0 Å². The SMILES string of the molecule is Cc1cc2c(cc1C)[C@H](O)CCC2C. The van der Waals surface area contributed by atoms with Gasteiger partial charge < -0.3 is 5.11 Å². The van der Waals surface area contributed by atoms with E-state index in [0.717, 1.165) is 18.4 Å². The summed E-state index contributed by atoms with van der Waals surface area (Å²) >= 11 is 0. The third-order valence-electron chi connectivity index (χ3n) is 3.46. The van der Waals surface area contributed by atoms with Gasteiger partial charge in [0.2, 0.25) is 0 Å². The van der Waals surface area contributed by atoms with Crippen molar-refractivity contribution in [3.8, 4) is 0 Å². The first-order valence-corrected chi connectivity index (χ1v) is 5.38. The maximum Gasteiger partial charge on any atom is 0.0793 e. The summed E-state index contributed by atoms with van der Waals surface area (Å²) in [5, 5.41) is 9.89. The van der Waals surface area contributed by atoms with E-state index in [0.29, 0.717) is 5.92 Å². The number of hydrogen-bond acceptors (Lipinski definition) is 1. The molecule has 2 atom stereocenters. The average Bonchev–Trinajstić information content (AvgIpc) is 2.15. The minimum atomic E-state index is -0.236. The summed E-state index contributed by atoms with van der Waals surface area (Å²) in [5.41, 5.74) is 5.14. The highest BCUT2D eigenvalue weighted by atomic mass is 16.3. The van der Waals surface area contributed by atoms with Crippen LogP contribution in [-0.2, 0) is 0 Å². The Morgan fingerprint density at radius 2 is 1.64 bits per heavy atom. The molecule has 0 aromatic heterocycles. The summed E-state index contributed by atoms with van der Waals surface area (Å²) in [5.74, 6) is 0.604. The second-order valence-electron chi connectivity index (χ2n) is 4.56. The van der Waals surface area contributed by atoms with Crippen molar-refractivity contribution in [3.05, 3.63) is 34.4 Å². The second-order valence-corrected chi connectivity index (χ2v) is 4.56. The normalized spacial score (nSPS) is 26.0. The molecule has 1 unspecified atom stereocenters. The van der Waals surface area contributed by atoms with E-state index in [1.165, 1.54) is 16.7 Å². The molecule has 0 radical (unpaired) electrons. The molecular weight excluding hydrogens is 172 g/mol. The molecule has 1 heteroatoms. The highest BCUT2D eigenvalue weighted by Gasteiger charge is 2.23. The summed E-state index contributed by atoms with van der Waals surface area (Å²) in [6, 6.07) is 4.41. The molecule has 14 heavy (non-hydrogen) atoms. The molecule has 0 heterocycles. The molecule has 1 aliphatic rings. The van der Waals surface area contributed by atoms with Crippen LogP contribution in [0.5, 0.6) is 0 Å². The lowest BCUT2D eigenvalue weighted by Crippen LogP contribution is -2.13. The fraction of sp³-hybridized carbons (Fsp3) is 0.538.